The van der Waals surface area contributed by atoms with Crippen LogP contribution in [-0.2, 0) is 0 Å². The van der Waals surface area contributed by atoms with Crippen molar-refractivity contribution in [2.75, 3.05) is 12.8 Å². The van der Waals surface area contributed by atoms with Gasteiger partial charge >= 0.3 is 0 Å². The number of hydrogen-bond acceptors (Lipinski definition) is 2. The molecule has 2 heteroatoms. The minimum absolute atomic E-state index is 0.475. The highest BCUT2D eigenvalue weighted by Gasteiger charge is 2.37. The third kappa shape index (κ3) is 3.96. The van der Waals surface area contributed by atoms with E-state index in [1.165, 1.54) is 31.4 Å². The van der Waals surface area contributed by atoms with Crippen LogP contribution < -0.4 is 5.32 Å². The SMILES string of the molecule is CNC1C(SCCC(C)C)CCCC1(C)C. The molecule has 0 radical (unpaired) electrons. The summed E-state index contributed by atoms with van der Waals surface area (Å²) in [6, 6.07) is 0.693. The van der Waals surface area contributed by atoms with Gasteiger partial charge < -0.3 is 5.32 Å². The maximum Gasteiger partial charge on any atom is 0.0234 e. The first kappa shape index (κ1) is 14.4. The molecule has 1 aliphatic carbocycles. The smallest absolute Gasteiger partial charge is 0.0234 e. The molecule has 0 aliphatic heterocycles. The van der Waals surface area contributed by atoms with Crippen molar-refractivity contribution in [1.82, 2.24) is 5.32 Å². The molecule has 0 bridgehead atoms. The van der Waals surface area contributed by atoms with E-state index in [1.807, 2.05) is 0 Å². The number of thioether (sulfide) groups is 1. The van der Waals surface area contributed by atoms with Crippen LogP contribution in [0, 0.1) is 11.3 Å². The molecule has 1 rings (SSSR count). The van der Waals surface area contributed by atoms with Gasteiger partial charge in [0.2, 0.25) is 0 Å². The van der Waals surface area contributed by atoms with E-state index in [0.29, 0.717) is 11.5 Å². The summed E-state index contributed by atoms with van der Waals surface area (Å²) in [4.78, 5) is 0. The van der Waals surface area contributed by atoms with Gasteiger partial charge in [0, 0.05) is 11.3 Å². The minimum Gasteiger partial charge on any atom is -0.315 e. The fraction of sp³-hybridized carbons (Fsp3) is 1.00. The van der Waals surface area contributed by atoms with Crippen molar-refractivity contribution in [3.05, 3.63) is 0 Å². The lowest BCUT2D eigenvalue weighted by atomic mass is 9.73. The lowest BCUT2D eigenvalue weighted by Crippen LogP contribution is -2.50. The Kier molecular flexibility index (Phi) is 5.66. The van der Waals surface area contributed by atoms with Gasteiger partial charge in [-0.25, -0.2) is 0 Å². The molecule has 0 amide bonds. The second-order valence-corrected chi connectivity index (χ2v) is 7.59. The molecular formula is C14H29NS. The molecule has 16 heavy (non-hydrogen) atoms. The molecule has 1 fully saturated rings. The number of hydrogen-bond donors (Lipinski definition) is 1. The summed E-state index contributed by atoms with van der Waals surface area (Å²) < 4.78 is 0. The van der Waals surface area contributed by atoms with Gasteiger partial charge in [0.25, 0.3) is 0 Å². The molecule has 96 valence electrons. The fourth-order valence-corrected chi connectivity index (χ4v) is 4.74. The minimum atomic E-state index is 0.475. The van der Waals surface area contributed by atoms with E-state index in [-0.39, 0.29) is 0 Å². The van der Waals surface area contributed by atoms with Gasteiger partial charge in [-0.1, -0.05) is 34.1 Å². The zero-order valence-electron chi connectivity index (χ0n) is 11.7. The molecule has 0 heterocycles. The Labute approximate surface area is 106 Å². The lowest BCUT2D eigenvalue weighted by molar-refractivity contribution is 0.182. The predicted octanol–water partition coefficient (Wildman–Crippen LogP) is 3.93. The van der Waals surface area contributed by atoms with Crippen molar-refractivity contribution in [2.24, 2.45) is 11.3 Å². The van der Waals surface area contributed by atoms with Crippen LogP contribution in [0.25, 0.3) is 0 Å². The monoisotopic (exact) mass is 243 g/mol. The predicted molar refractivity (Wildman–Crippen MR) is 76.2 cm³/mol. The van der Waals surface area contributed by atoms with Gasteiger partial charge in [0.05, 0.1) is 0 Å². The fourth-order valence-electron chi connectivity index (χ4n) is 2.80. The largest absolute Gasteiger partial charge is 0.315 e. The van der Waals surface area contributed by atoms with Crippen molar-refractivity contribution >= 4 is 11.8 Å². The van der Waals surface area contributed by atoms with E-state index in [1.54, 1.807) is 0 Å². The van der Waals surface area contributed by atoms with Crippen molar-refractivity contribution in [3.63, 3.8) is 0 Å². The maximum absolute atomic E-state index is 3.56. The Hall–Kier alpha value is 0.310. The van der Waals surface area contributed by atoms with E-state index >= 15 is 0 Å². The first-order valence-corrected chi connectivity index (χ1v) is 7.81. The molecule has 1 aliphatic rings. The molecule has 1 saturated carbocycles. The van der Waals surface area contributed by atoms with Gasteiger partial charge in [-0.2, -0.15) is 11.8 Å². The van der Waals surface area contributed by atoms with Gasteiger partial charge in [-0.3, -0.25) is 0 Å². The van der Waals surface area contributed by atoms with Crippen LogP contribution in [0.4, 0.5) is 0 Å². The molecule has 1 nitrogen and oxygen atoms in total. The Morgan fingerprint density at radius 3 is 2.62 bits per heavy atom. The third-order valence-electron chi connectivity index (χ3n) is 3.86. The van der Waals surface area contributed by atoms with Crippen LogP contribution in [0.5, 0.6) is 0 Å². The molecule has 0 aromatic heterocycles. The van der Waals surface area contributed by atoms with Crippen molar-refractivity contribution in [2.45, 2.75) is 64.7 Å². The molecule has 1 N–H and O–H groups in total. The Morgan fingerprint density at radius 1 is 1.38 bits per heavy atom. The van der Waals surface area contributed by atoms with E-state index in [4.69, 9.17) is 0 Å². The highest BCUT2D eigenvalue weighted by atomic mass is 32.2. The molecule has 0 aromatic rings. The van der Waals surface area contributed by atoms with Gasteiger partial charge in [-0.05, 0) is 43.4 Å². The average Bonchev–Trinajstić information content (AvgIpc) is 2.16. The summed E-state index contributed by atoms with van der Waals surface area (Å²) >= 11 is 2.20. The van der Waals surface area contributed by atoms with Crippen molar-refractivity contribution in [1.29, 1.82) is 0 Å². The zero-order chi connectivity index (χ0) is 12.2. The third-order valence-corrected chi connectivity index (χ3v) is 5.27. The molecular weight excluding hydrogens is 214 g/mol. The first-order chi connectivity index (χ1) is 7.47. The standard InChI is InChI=1S/C14H29NS/c1-11(2)8-10-16-12-7-6-9-14(3,4)13(12)15-5/h11-13,15H,6-10H2,1-5H3. The highest BCUT2D eigenvalue weighted by molar-refractivity contribution is 7.99. The van der Waals surface area contributed by atoms with Crippen LogP contribution in [-0.4, -0.2) is 24.1 Å². The second kappa shape index (κ2) is 6.30. The van der Waals surface area contributed by atoms with E-state index in [2.05, 4.69) is 51.8 Å². The summed E-state index contributed by atoms with van der Waals surface area (Å²) in [5.74, 6) is 2.17. The van der Waals surface area contributed by atoms with Crippen LogP contribution in [0.2, 0.25) is 0 Å². The average molecular weight is 243 g/mol. The molecule has 2 unspecified atom stereocenters. The van der Waals surface area contributed by atoms with E-state index < -0.39 is 0 Å². The lowest BCUT2D eigenvalue weighted by Gasteiger charge is -2.43. The Morgan fingerprint density at radius 2 is 2.06 bits per heavy atom. The summed E-state index contributed by atoms with van der Waals surface area (Å²) in [7, 11) is 2.13. The van der Waals surface area contributed by atoms with Gasteiger partial charge in [0.15, 0.2) is 0 Å². The number of rotatable bonds is 5. The maximum atomic E-state index is 3.56. The van der Waals surface area contributed by atoms with Gasteiger partial charge in [0.1, 0.15) is 0 Å². The van der Waals surface area contributed by atoms with Crippen LogP contribution in [0.15, 0.2) is 0 Å². The quantitative estimate of drug-likeness (QED) is 0.785. The van der Waals surface area contributed by atoms with Crippen LogP contribution in [0.1, 0.15) is 53.4 Å². The highest BCUT2D eigenvalue weighted by Crippen LogP contribution is 2.40. The van der Waals surface area contributed by atoms with Crippen LogP contribution >= 0.6 is 11.8 Å². The van der Waals surface area contributed by atoms with Crippen LogP contribution in [0.3, 0.4) is 0 Å². The van der Waals surface area contributed by atoms with E-state index in [9.17, 15) is 0 Å². The van der Waals surface area contributed by atoms with Gasteiger partial charge in [-0.15, -0.1) is 0 Å². The molecule has 0 saturated heterocycles. The first-order valence-electron chi connectivity index (χ1n) is 6.76. The van der Waals surface area contributed by atoms with Crippen molar-refractivity contribution in [3.8, 4) is 0 Å². The van der Waals surface area contributed by atoms with E-state index in [0.717, 1.165) is 11.2 Å². The normalized spacial score (nSPS) is 29.6. The Balaban J connectivity index is 2.44. The summed E-state index contributed by atoms with van der Waals surface area (Å²) in [5, 5.41) is 4.39. The molecule has 0 spiro atoms. The summed E-state index contributed by atoms with van der Waals surface area (Å²) in [6.45, 7) is 9.48. The molecule has 0 aromatic carbocycles. The second-order valence-electron chi connectivity index (χ2n) is 6.24. The van der Waals surface area contributed by atoms with Crippen molar-refractivity contribution < 1.29 is 0 Å². The number of nitrogens with one attached hydrogen (secondary N) is 1. The zero-order valence-corrected chi connectivity index (χ0v) is 12.5. The Bertz CT molecular complexity index is 201. The topological polar surface area (TPSA) is 12.0 Å². The summed E-state index contributed by atoms with van der Waals surface area (Å²) in [5.41, 5.74) is 0.475. The summed E-state index contributed by atoms with van der Waals surface area (Å²) in [6.07, 6.45) is 5.54. The molecule has 2 atom stereocenters.